The van der Waals surface area contributed by atoms with Gasteiger partial charge in [0.1, 0.15) is 22.1 Å². The predicted molar refractivity (Wildman–Crippen MR) is 138 cm³/mol. The fourth-order valence-electron chi connectivity index (χ4n) is 3.59. The number of carbonyl (C=O) groups is 1. The number of fused-ring (bicyclic) bond motifs is 1. The summed E-state index contributed by atoms with van der Waals surface area (Å²) in [5, 5.41) is 0.753. The highest BCUT2D eigenvalue weighted by Gasteiger charge is 2.34. The molecule has 6 nitrogen and oxygen atoms in total. The molecule has 1 amide bonds. The van der Waals surface area contributed by atoms with Crippen molar-refractivity contribution in [2.75, 3.05) is 7.11 Å². The molecule has 3 rings (SSSR count). The Balaban J connectivity index is 1.99. The van der Waals surface area contributed by atoms with Crippen LogP contribution in [0.15, 0.2) is 30.3 Å². The van der Waals surface area contributed by atoms with Crippen molar-refractivity contribution < 1.29 is 18.8 Å². The van der Waals surface area contributed by atoms with Crippen molar-refractivity contribution in [1.82, 2.24) is 9.62 Å². The van der Waals surface area contributed by atoms with Crippen LogP contribution >= 0.6 is 23.2 Å². The maximum atomic E-state index is 13.1. The Bertz CT molecular complexity index is 1070. The van der Waals surface area contributed by atoms with Crippen molar-refractivity contribution in [2.24, 2.45) is 0 Å². The number of carbonyl (C=O) groups excluding carboxylic acids is 1. The van der Waals surface area contributed by atoms with Crippen LogP contribution in [0.4, 0.5) is 4.79 Å². The van der Waals surface area contributed by atoms with Gasteiger partial charge in [0, 0.05) is 36.1 Å². The van der Waals surface area contributed by atoms with Crippen LogP contribution in [0.1, 0.15) is 69.8 Å². The second-order valence-corrected chi connectivity index (χ2v) is 13.1. The van der Waals surface area contributed by atoms with E-state index in [0.717, 1.165) is 22.3 Å². The van der Waals surface area contributed by atoms with Crippen LogP contribution in [0.3, 0.4) is 0 Å². The second kappa shape index (κ2) is 10.2. The van der Waals surface area contributed by atoms with Crippen molar-refractivity contribution in [1.29, 1.82) is 0 Å². The molecular weight excluding hydrogens is 495 g/mol. The van der Waals surface area contributed by atoms with Gasteiger partial charge < -0.3 is 14.0 Å². The molecule has 0 saturated carbocycles. The molecule has 0 bridgehead atoms. The van der Waals surface area contributed by atoms with Crippen LogP contribution in [0, 0.1) is 0 Å². The maximum absolute atomic E-state index is 13.1. The van der Waals surface area contributed by atoms with Crippen molar-refractivity contribution in [3.8, 4) is 5.75 Å². The van der Waals surface area contributed by atoms with E-state index in [1.807, 2.05) is 59.7 Å². The lowest BCUT2D eigenvalue weighted by Gasteiger charge is -2.29. The average Bonchev–Trinajstić information content (AvgIpc) is 3.15. The molecule has 2 unspecified atom stereocenters. The van der Waals surface area contributed by atoms with Gasteiger partial charge in [0.05, 0.1) is 17.2 Å². The minimum Gasteiger partial charge on any atom is -0.598 e. The number of amides is 1. The van der Waals surface area contributed by atoms with Crippen LogP contribution < -0.4 is 9.46 Å². The molecule has 0 spiro atoms. The van der Waals surface area contributed by atoms with Gasteiger partial charge in [0.2, 0.25) is 0 Å². The Hall–Kier alpha value is -1.64. The molecule has 2 aromatic rings. The molecule has 0 saturated heterocycles. The molecule has 0 fully saturated rings. The SMILES string of the molecule is COc1cc(Cl)c(Cl)cc1C(N[S+]([O-])C(C)(C)C)c1ccc2c(c1)CN(C(=O)OC(C)(C)C)C2. The Morgan fingerprint density at radius 2 is 1.68 bits per heavy atom. The van der Waals surface area contributed by atoms with E-state index in [-0.39, 0.29) is 6.09 Å². The van der Waals surface area contributed by atoms with Crippen molar-refractivity contribution in [3.63, 3.8) is 0 Å². The quantitative estimate of drug-likeness (QED) is 0.456. The van der Waals surface area contributed by atoms with Crippen LogP contribution in [0.25, 0.3) is 0 Å². The first-order valence-electron chi connectivity index (χ1n) is 11.0. The molecule has 1 N–H and O–H groups in total. The lowest BCUT2D eigenvalue weighted by atomic mass is 9.95. The molecule has 0 aromatic heterocycles. The Morgan fingerprint density at radius 1 is 1.06 bits per heavy atom. The lowest BCUT2D eigenvalue weighted by molar-refractivity contribution is 0.0242. The molecule has 1 aliphatic rings. The summed E-state index contributed by atoms with van der Waals surface area (Å²) in [6.07, 6.45) is -0.347. The zero-order valence-corrected chi connectivity index (χ0v) is 23.0. The van der Waals surface area contributed by atoms with E-state index < -0.39 is 27.8 Å². The second-order valence-electron chi connectivity index (χ2n) is 10.3. The highest BCUT2D eigenvalue weighted by molar-refractivity contribution is 7.90. The van der Waals surface area contributed by atoms with Crippen LogP contribution in [0.2, 0.25) is 10.0 Å². The van der Waals surface area contributed by atoms with Crippen LogP contribution in [-0.2, 0) is 29.2 Å². The minimum absolute atomic E-state index is 0.347. The number of methoxy groups -OCH3 is 1. The molecule has 186 valence electrons. The van der Waals surface area contributed by atoms with E-state index in [2.05, 4.69) is 4.72 Å². The van der Waals surface area contributed by atoms with E-state index >= 15 is 0 Å². The molecule has 2 aromatic carbocycles. The number of hydrogen-bond donors (Lipinski definition) is 1. The summed E-state index contributed by atoms with van der Waals surface area (Å²) < 4.78 is 27.0. The molecular formula is C25H32Cl2N2O4S. The number of hydrogen-bond acceptors (Lipinski definition) is 5. The van der Waals surface area contributed by atoms with Gasteiger partial charge in [0.25, 0.3) is 0 Å². The lowest BCUT2D eigenvalue weighted by Crippen LogP contribution is -2.41. The highest BCUT2D eigenvalue weighted by Crippen LogP contribution is 2.39. The zero-order chi connectivity index (χ0) is 25.4. The van der Waals surface area contributed by atoms with E-state index in [4.69, 9.17) is 32.7 Å². The first kappa shape index (κ1) is 27.0. The zero-order valence-electron chi connectivity index (χ0n) is 20.6. The van der Waals surface area contributed by atoms with Gasteiger partial charge in [0.15, 0.2) is 0 Å². The van der Waals surface area contributed by atoms with Gasteiger partial charge in [-0.15, -0.1) is 4.72 Å². The summed E-state index contributed by atoms with van der Waals surface area (Å²) in [5.41, 5.74) is 3.09. The summed E-state index contributed by atoms with van der Waals surface area (Å²) in [6.45, 7) is 12.2. The van der Waals surface area contributed by atoms with Gasteiger partial charge in [-0.1, -0.05) is 41.4 Å². The highest BCUT2D eigenvalue weighted by atomic mass is 35.5. The van der Waals surface area contributed by atoms with Crippen LogP contribution in [-0.4, -0.2) is 33.0 Å². The van der Waals surface area contributed by atoms with Gasteiger partial charge in [-0.2, -0.15) is 0 Å². The van der Waals surface area contributed by atoms with Crippen molar-refractivity contribution in [2.45, 2.75) is 71.0 Å². The van der Waals surface area contributed by atoms with Gasteiger partial charge in [-0.25, -0.2) is 4.79 Å². The molecule has 0 aliphatic carbocycles. The van der Waals surface area contributed by atoms with Gasteiger partial charge in [-0.3, -0.25) is 4.90 Å². The summed E-state index contributed by atoms with van der Waals surface area (Å²) in [5.74, 6) is 0.536. The molecule has 2 atom stereocenters. The molecule has 1 aliphatic heterocycles. The van der Waals surface area contributed by atoms with E-state index in [1.54, 1.807) is 24.1 Å². The topological polar surface area (TPSA) is 73.9 Å². The third-order valence-corrected chi connectivity index (χ3v) is 7.59. The average molecular weight is 528 g/mol. The van der Waals surface area contributed by atoms with E-state index in [9.17, 15) is 9.35 Å². The minimum atomic E-state index is -1.38. The predicted octanol–water partition coefficient (Wildman–Crippen LogP) is 6.39. The van der Waals surface area contributed by atoms with Gasteiger partial charge in [-0.05, 0) is 64.3 Å². The van der Waals surface area contributed by atoms with E-state index in [0.29, 0.717) is 28.9 Å². The monoisotopic (exact) mass is 526 g/mol. The number of nitrogens with one attached hydrogen (secondary N) is 1. The molecule has 9 heteroatoms. The fraction of sp³-hybridized carbons (Fsp3) is 0.480. The Kier molecular flexibility index (Phi) is 8.05. The summed E-state index contributed by atoms with van der Waals surface area (Å²) in [7, 11) is 1.56. The normalized spacial score (nSPS) is 15.6. The standard InChI is InChI=1S/C25H32Cl2N2O4S/c1-24(2,3)33-23(30)29-13-16-9-8-15(10-17(16)14-29)22(28-34(31)25(4,5)6)18-11-19(26)20(27)12-21(18)32-7/h8-12,22,28H,13-14H2,1-7H3. The summed E-state index contributed by atoms with van der Waals surface area (Å²) in [6, 6.07) is 8.90. The maximum Gasteiger partial charge on any atom is 0.410 e. The molecule has 34 heavy (non-hydrogen) atoms. The smallest absolute Gasteiger partial charge is 0.410 e. The first-order chi connectivity index (χ1) is 15.7. The Labute approximate surface area is 215 Å². The number of halogens is 2. The van der Waals surface area contributed by atoms with E-state index in [1.165, 1.54) is 0 Å². The molecule has 0 radical (unpaired) electrons. The largest absolute Gasteiger partial charge is 0.598 e. The number of benzene rings is 2. The third-order valence-electron chi connectivity index (χ3n) is 5.30. The van der Waals surface area contributed by atoms with Gasteiger partial charge >= 0.3 is 6.09 Å². The number of rotatable bonds is 5. The first-order valence-corrected chi connectivity index (χ1v) is 12.9. The van der Waals surface area contributed by atoms with Crippen molar-refractivity contribution >= 4 is 40.7 Å². The third kappa shape index (κ3) is 6.32. The molecule has 1 heterocycles. The van der Waals surface area contributed by atoms with Crippen molar-refractivity contribution in [3.05, 3.63) is 62.6 Å². The number of ether oxygens (including phenoxy) is 2. The summed E-state index contributed by atoms with van der Waals surface area (Å²) >= 11 is 11.2. The summed E-state index contributed by atoms with van der Waals surface area (Å²) in [4.78, 5) is 14.3. The Morgan fingerprint density at radius 3 is 2.26 bits per heavy atom. The van der Waals surface area contributed by atoms with Crippen LogP contribution in [0.5, 0.6) is 5.75 Å². The fourth-order valence-corrected chi connectivity index (χ4v) is 4.75. The number of nitrogens with zero attached hydrogens (tertiary/aromatic N) is 1.